The van der Waals surface area contributed by atoms with Crippen LogP contribution >= 0.6 is 12.2 Å². The first-order valence-electron chi connectivity index (χ1n) is 7.72. The molecule has 0 spiro atoms. The van der Waals surface area contributed by atoms with Gasteiger partial charge in [-0.15, -0.1) is 0 Å². The van der Waals surface area contributed by atoms with E-state index in [1.54, 1.807) is 7.11 Å². The number of nitrogens with two attached hydrogens (primary N) is 1. The quantitative estimate of drug-likeness (QED) is 0.818. The minimum atomic E-state index is 0.395. The SMILES string of the molecule is CCC1(CC)CCN(Cc2ccc(OC)c(C(N)=S)c2)C1. The van der Waals surface area contributed by atoms with Gasteiger partial charge in [0.15, 0.2) is 0 Å². The zero-order valence-electron chi connectivity index (χ0n) is 13.3. The molecule has 0 aliphatic carbocycles. The molecule has 1 fully saturated rings. The average Bonchev–Trinajstić information content (AvgIpc) is 2.91. The summed E-state index contributed by atoms with van der Waals surface area (Å²) in [4.78, 5) is 2.93. The van der Waals surface area contributed by atoms with Crippen LogP contribution in [-0.2, 0) is 6.54 Å². The summed E-state index contributed by atoms with van der Waals surface area (Å²) in [6.45, 7) is 7.95. The van der Waals surface area contributed by atoms with Crippen molar-refractivity contribution in [3.63, 3.8) is 0 Å². The lowest BCUT2D eigenvalue weighted by atomic mass is 9.82. The second-order valence-electron chi connectivity index (χ2n) is 6.07. The van der Waals surface area contributed by atoms with Gasteiger partial charge in [-0.05, 0) is 48.9 Å². The van der Waals surface area contributed by atoms with Crippen LogP contribution in [0, 0.1) is 5.41 Å². The number of nitrogens with zero attached hydrogens (tertiary/aromatic N) is 1. The van der Waals surface area contributed by atoms with Gasteiger partial charge in [0.2, 0.25) is 0 Å². The zero-order valence-corrected chi connectivity index (χ0v) is 14.1. The Bertz CT molecular complexity index is 512. The first-order chi connectivity index (χ1) is 10.0. The highest BCUT2D eigenvalue weighted by molar-refractivity contribution is 7.80. The summed E-state index contributed by atoms with van der Waals surface area (Å²) in [6, 6.07) is 6.14. The van der Waals surface area contributed by atoms with Crippen LogP contribution in [0.25, 0.3) is 0 Å². The fraction of sp³-hybridized carbons (Fsp3) is 0.588. The highest BCUT2D eigenvalue weighted by atomic mass is 32.1. The molecule has 0 amide bonds. The molecule has 2 rings (SSSR count). The highest BCUT2D eigenvalue weighted by Gasteiger charge is 2.34. The Morgan fingerprint density at radius 2 is 2.10 bits per heavy atom. The van der Waals surface area contributed by atoms with Crippen molar-refractivity contribution >= 4 is 17.2 Å². The molecule has 3 nitrogen and oxygen atoms in total. The molecular weight excluding hydrogens is 280 g/mol. The number of methoxy groups -OCH3 is 1. The normalized spacial score (nSPS) is 17.9. The van der Waals surface area contributed by atoms with E-state index in [0.717, 1.165) is 17.9 Å². The number of rotatable bonds is 6. The van der Waals surface area contributed by atoms with Crippen LogP contribution in [0.15, 0.2) is 18.2 Å². The van der Waals surface area contributed by atoms with E-state index in [1.165, 1.54) is 37.9 Å². The van der Waals surface area contributed by atoms with E-state index in [-0.39, 0.29) is 0 Å². The molecule has 21 heavy (non-hydrogen) atoms. The monoisotopic (exact) mass is 306 g/mol. The van der Waals surface area contributed by atoms with Crippen molar-refractivity contribution in [1.29, 1.82) is 0 Å². The molecule has 116 valence electrons. The molecule has 0 aromatic heterocycles. The van der Waals surface area contributed by atoms with Crippen LogP contribution in [0.3, 0.4) is 0 Å². The molecule has 1 aromatic rings. The maximum atomic E-state index is 5.79. The van der Waals surface area contributed by atoms with Gasteiger partial charge in [0, 0.05) is 13.1 Å². The van der Waals surface area contributed by atoms with Crippen molar-refractivity contribution in [2.24, 2.45) is 11.1 Å². The maximum Gasteiger partial charge on any atom is 0.129 e. The highest BCUT2D eigenvalue weighted by Crippen LogP contribution is 2.37. The summed E-state index contributed by atoms with van der Waals surface area (Å²) in [5.41, 5.74) is 8.39. The molecular formula is C17H26N2OS. The number of benzene rings is 1. The van der Waals surface area contributed by atoms with Crippen molar-refractivity contribution in [2.75, 3.05) is 20.2 Å². The Hall–Kier alpha value is -1.13. The Kier molecular flexibility index (Phi) is 5.22. The third-order valence-electron chi connectivity index (χ3n) is 4.95. The van der Waals surface area contributed by atoms with E-state index in [4.69, 9.17) is 22.7 Å². The topological polar surface area (TPSA) is 38.5 Å². The molecule has 0 radical (unpaired) electrons. The summed E-state index contributed by atoms with van der Waals surface area (Å²) in [5.74, 6) is 0.754. The molecule has 1 saturated heterocycles. The van der Waals surface area contributed by atoms with Gasteiger partial charge in [0.05, 0.1) is 12.7 Å². The number of hydrogen-bond donors (Lipinski definition) is 1. The molecule has 0 saturated carbocycles. The number of ether oxygens (including phenoxy) is 1. The van der Waals surface area contributed by atoms with Crippen molar-refractivity contribution in [3.05, 3.63) is 29.3 Å². The Labute approximate surface area is 133 Å². The Morgan fingerprint density at radius 1 is 1.38 bits per heavy atom. The van der Waals surface area contributed by atoms with Crippen LogP contribution in [0.4, 0.5) is 0 Å². The smallest absolute Gasteiger partial charge is 0.129 e. The number of likely N-dealkylation sites (tertiary alicyclic amines) is 1. The predicted octanol–water partition coefficient (Wildman–Crippen LogP) is 3.34. The molecule has 2 N–H and O–H groups in total. The summed E-state index contributed by atoms with van der Waals surface area (Å²) in [7, 11) is 1.65. The van der Waals surface area contributed by atoms with E-state index >= 15 is 0 Å². The van der Waals surface area contributed by atoms with Gasteiger partial charge in [-0.3, -0.25) is 4.90 Å². The second-order valence-corrected chi connectivity index (χ2v) is 6.51. The van der Waals surface area contributed by atoms with E-state index in [9.17, 15) is 0 Å². The van der Waals surface area contributed by atoms with Gasteiger partial charge in [-0.25, -0.2) is 0 Å². The van der Waals surface area contributed by atoms with Crippen LogP contribution in [0.1, 0.15) is 44.2 Å². The van der Waals surface area contributed by atoms with E-state index in [2.05, 4.69) is 30.9 Å². The lowest BCUT2D eigenvalue weighted by molar-refractivity contribution is 0.236. The van der Waals surface area contributed by atoms with Gasteiger partial charge in [-0.1, -0.05) is 32.1 Å². The molecule has 4 heteroatoms. The lowest BCUT2D eigenvalue weighted by Gasteiger charge is -2.26. The van der Waals surface area contributed by atoms with Crippen LogP contribution in [0.2, 0.25) is 0 Å². The van der Waals surface area contributed by atoms with Gasteiger partial charge in [0.25, 0.3) is 0 Å². The molecule has 1 aliphatic rings. The van der Waals surface area contributed by atoms with Gasteiger partial charge >= 0.3 is 0 Å². The van der Waals surface area contributed by atoms with Gasteiger partial charge in [0.1, 0.15) is 10.7 Å². The molecule has 1 aromatic carbocycles. The second kappa shape index (κ2) is 6.75. The fourth-order valence-corrected chi connectivity index (χ4v) is 3.45. The molecule has 1 aliphatic heterocycles. The number of hydrogen-bond acceptors (Lipinski definition) is 3. The molecule has 0 atom stereocenters. The minimum Gasteiger partial charge on any atom is -0.496 e. The number of thiocarbonyl (C=S) groups is 1. The van der Waals surface area contributed by atoms with Gasteiger partial charge in [-0.2, -0.15) is 0 Å². The van der Waals surface area contributed by atoms with Crippen LogP contribution in [-0.4, -0.2) is 30.1 Å². The third kappa shape index (κ3) is 3.55. The standard InChI is InChI=1S/C17H26N2OS/c1-4-17(5-2)8-9-19(12-17)11-13-6-7-15(20-3)14(10-13)16(18)21/h6-7,10H,4-5,8-9,11-12H2,1-3H3,(H2,18,21). The fourth-order valence-electron chi connectivity index (χ4n) is 3.29. The lowest BCUT2D eigenvalue weighted by Crippen LogP contribution is -2.26. The first kappa shape index (κ1) is 16.2. The van der Waals surface area contributed by atoms with Crippen LogP contribution < -0.4 is 10.5 Å². The van der Waals surface area contributed by atoms with Gasteiger partial charge < -0.3 is 10.5 Å². The van der Waals surface area contributed by atoms with Crippen molar-refractivity contribution < 1.29 is 4.74 Å². The molecule has 0 bridgehead atoms. The minimum absolute atomic E-state index is 0.395. The maximum absolute atomic E-state index is 5.79. The average molecular weight is 306 g/mol. The predicted molar refractivity (Wildman–Crippen MR) is 91.8 cm³/mol. The van der Waals surface area contributed by atoms with Crippen LogP contribution in [0.5, 0.6) is 5.75 Å². The van der Waals surface area contributed by atoms with E-state index in [1.807, 2.05) is 6.07 Å². The van der Waals surface area contributed by atoms with Crippen molar-refractivity contribution in [3.8, 4) is 5.75 Å². The zero-order chi connectivity index (χ0) is 15.5. The summed E-state index contributed by atoms with van der Waals surface area (Å²) in [5, 5.41) is 0. The van der Waals surface area contributed by atoms with E-state index < -0.39 is 0 Å². The largest absolute Gasteiger partial charge is 0.496 e. The Balaban J connectivity index is 2.11. The summed E-state index contributed by atoms with van der Waals surface area (Å²) < 4.78 is 5.32. The van der Waals surface area contributed by atoms with Crippen molar-refractivity contribution in [1.82, 2.24) is 4.90 Å². The molecule has 0 unspecified atom stereocenters. The third-order valence-corrected chi connectivity index (χ3v) is 5.17. The summed E-state index contributed by atoms with van der Waals surface area (Å²) in [6.07, 6.45) is 3.83. The molecule has 1 heterocycles. The Morgan fingerprint density at radius 3 is 2.62 bits per heavy atom. The summed E-state index contributed by atoms with van der Waals surface area (Å²) >= 11 is 5.12. The van der Waals surface area contributed by atoms with E-state index in [0.29, 0.717) is 10.4 Å². The first-order valence-corrected chi connectivity index (χ1v) is 8.13. The van der Waals surface area contributed by atoms with Crippen molar-refractivity contribution in [2.45, 2.75) is 39.7 Å².